The zero-order valence-corrected chi connectivity index (χ0v) is 48.3. The van der Waals surface area contributed by atoms with Crippen molar-refractivity contribution in [3.63, 3.8) is 0 Å². The Labute approximate surface area is 444 Å². The number of rotatable bonds is 54. The molecule has 0 aliphatic carbocycles. The summed E-state index contributed by atoms with van der Waals surface area (Å²) >= 11 is 0. The zero-order valence-electron chi connectivity index (χ0n) is 47.4. The molecule has 0 bridgehead atoms. The van der Waals surface area contributed by atoms with Crippen LogP contribution >= 0.6 is 7.82 Å². The zero-order chi connectivity index (χ0) is 52.7. The lowest BCUT2D eigenvalue weighted by Crippen LogP contribution is -2.37. The molecule has 418 valence electrons. The number of allylic oxidation sites excluding steroid dienone is 12. The third-order valence-electron chi connectivity index (χ3n) is 12.7. The van der Waals surface area contributed by atoms with Crippen LogP contribution in [0.15, 0.2) is 72.9 Å². The van der Waals surface area contributed by atoms with E-state index in [2.05, 4.69) is 86.8 Å². The molecule has 0 amide bonds. The number of phosphoric acid groups is 1. The van der Waals surface area contributed by atoms with Gasteiger partial charge in [-0.3, -0.25) is 14.2 Å². The van der Waals surface area contributed by atoms with E-state index in [4.69, 9.17) is 18.5 Å². The van der Waals surface area contributed by atoms with Crippen molar-refractivity contribution in [3.05, 3.63) is 72.9 Å². The number of ether oxygens (including phenoxy) is 2. The van der Waals surface area contributed by atoms with Gasteiger partial charge >= 0.3 is 11.9 Å². The molecule has 0 fully saturated rings. The molecule has 0 radical (unpaired) electrons. The Bertz CT molecular complexity index is 1450. The molecule has 2 unspecified atom stereocenters. The molecule has 0 rings (SSSR count). The van der Waals surface area contributed by atoms with Gasteiger partial charge in [-0.25, -0.2) is 0 Å². The first kappa shape index (κ1) is 69.5. The van der Waals surface area contributed by atoms with Crippen molar-refractivity contribution in [1.82, 2.24) is 0 Å². The second kappa shape index (κ2) is 53.3. The van der Waals surface area contributed by atoms with Gasteiger partial charge in [-0.2, -0.15) is 0 Å². The maximum Gasteiger partial charge on any atom is 0.306 e. The number of likely N-dealkylation sites (N-methyl/N-ethyl adjacent to an activating group) is 1. The molecule has 0 N–H and O–H groups in total. The van der Waals surface area contributed by atoms with E-state index in [0.717, 1.165) is 77.0 Å². The molecule has 0 aliphatic heterocycles. The van der Waals surface area contributed by atoms with Crippen LogP contribution < -0.4 is 4.89 Å². The Balaban J connectivity index is 4.07. The van der Waals surface area contributed by atoms with Crippen LogP contribution in [0.4, 0.5) is 0 Å². The molecule has 0 aromatic heterocycles. The molecule has 9 nitrogen and oxygen atoms in total. The monoisotopic (exact) mass is 1030 g/mol. The highest BCUT2D eigenvalue weighted by atomic mass is 31.2. The largest absolute Gasteiger partial charge is 0.756 e. The summed E-state index contributed by atoms with van der Waals surface area (Å²) in [6, 6.07) is 0. The van der Waals surface area contributed by atoms with Crippen LogP contribution in [0.3, 0.4) is 0 Å². The van der Waals surface area contributed by atoms with Gasteiger partial charge < -0.3 is 27.9 Å². The Morgan fingerprint density at radius 1 is 0.444 bits per heavy atom. The molecule has 10 heteroatoms. The number of esters is 2. The summed E-state index contributed by atoms with van der Waals surface area (Å²) in [6.45, 7) is 4.15. The fourth-order valence-corrected chi connectivity index (χ4v) is 8.92. The number of nitrogens with zero attached hydrogens (tertiary/aromatic N) is 1. The fraction of sp³-hybridized carbons (Fsp3) is 0.774. The minimum atomic E-state index is -4.63. The first-order chi connectivity index (χ1) is 35.0. The van der Waals surface area contributed by atoms with Crippen LogP contribution in [0.25, 0.3) is 0 Å². The Kier molecular flexibility index (Phi) is 51.4. The molecule has 0 heterocycles. The van der Waals surface area contributed by atoms with Crippen LogP contribution in [0.5, 0.6) is 0 Å². The summed E-state index contributed by atoms with van der Waals surface area (Å²) in [5.74, 6) is -0.826. The predicted molar refractivity (Wildman–Crippen MR) is 305 cm³/mol. The van der Waals surface area contributed by atoms with E-state index in [-0.39, 0.29) is 32.0 Å². The van der Waals surface area contributed by atoms with E-state index in [1.807, 2.05) is 21.1 Å². The Morgan fingerprint density at radius 2 is 0.792 bits per heavy atom. The van der Waals surface area contributed by atoms with Gasteiger partial charge in [-0.1, -0.05) is 254 Å². The summed E-state index contributed by atoms with van der Waals surface area (Å²) in [5.41, 5.74) is 0. The van der Waals surface area contributed by atoms with Crippen LogP contribution in [-0.4, -0.2) is 70.0 Å². The molecular formula is C62H112NO8P. The van der Waals surface area contributed by atoms with Crippen LogP contribution in [0.2, 0.25) is 0 Å². The first-order valence-corrected chi connectivity index (χ1v) is 31.1. The lowest BCUT2D eigenvalue weighted by molar-refractivity contribution is -0.870. The van der Waals surface area contributed by atoms with Gasteiger partial charge in [0.25, 0.3) is 7.82 Å². The topological polar surface area (TPSA) is 111 Å². The molecule has 0 saturated carbocycles. The van der Waals surface area contributed by atoms with Crippen molar-refractivity contribution in [2.75, 3.05) is 47.5 Å². The van der Waals surface area contributed by atoms with E-state index >= 15 is 0 Å². The molecule has 0 aliphatic rings. The fourth-order valence-electron chi connectivity index (χ4n) is 8.19. The number of carbonyl (C=O) groups excluding carboxylic acids is 2. The smallest absolute Gasteiger partial charge is 0.306 e. The van der Waals surface area contributed by atoms with Crippen molar-refractivity contribution in [3.8, 4) is 0 Å². The maximum atomic E-state index is 12.8. The van der Waals surface area contributed by atoms with Gasteiger partial charge in [0.1, 0.15) is 19.8 Å². The van der Waals surface area contributed by atoms with Crippen molar-refractivity contribution < 1.29 is 42.1 Å². The highest BCUT2D eigenvalue weighted by molar-refractivity contribution is 7.45. The van der Waals surface area contributed by atoms with E-state index in [1.54, 1.807) is 0 Å². The molecule has 2 atom stereocenters. The van der Waals surface area contributed by atoms with Gasteiger partial charge in [-0.15, -0.1) is 0 Å². The summed E-state index contributed by atoms with van der Waals surface area (Å²) in [7, 11) is 1.17. The van der Waals surface area contributed by atoms with E-state index in [0.29, 0.717) is 17.4 Å². The average Bonchev–Trinajstić information content (AvgIpc) is 3.34. The Hall–Kier alpha value is -2.55. The minimum Gasteiger partial charge on any atom is -0.756 e. The maximum absolute atomic E-state index is 12.8. The highest BCUT2D eigenvalue weighted by Crippen LogP contribution is 2.38. The second-order valence-electron chi connectivity index (χ2n) is 21.0. The van der Waals surface area contributed by atoms with Gasteiger partial charge in [0.15, 0.2) is 6.10 Å². The minimum absolute atomic E-state index is 0.0310. The molecule has 0 spiro atoms. The molecule has 72 heavy (non-hydrogen) atoms. The number of phosphoric ester groups is 1. The first-order valence-electron chi connectivity index (χ1n) is 29.6. The molecule has 0 saturated heterocycles. The predicted octanol–water partition coefficient (Wildman–Crippen LogP) is 17.8. The van der Waals surface area contributed by atoms with Crippen molar-refractivity contribution in [2.45, 2.75) is 264 Å². The summed E-state index contributed by atoms with van der Waals surface area (Å²) in [5, 5.41) is 0. The molecule has 0 aromatic carbocycles. The molecular weight excluding hydrogens is 918 g/mol. The number of hydrogen-bond acceptors (Lipinski definition) is 8. The lowest BCUT2D eigenvalue weighted by Gasteiger charge is -2.28. The second-order valence-corrected chi connectivity index (χ2v) is 22.4. The van der Waals surface area contributed by atoms with Crippen LogP contribution in [0.1, 0.15) is 258 Å². The van der Waals surface area contributed by atoms with E-state index in [1.165, 1.54) is 148 Å². The molecule has 0 aromatic rings. The number of quaternary nitrogens is 1. The standard InChI is InChI=1S/C62H112NO8P/c1-6-8-10-12-14-16-18-20-22-23-24-25-26-27-28-29-30-31-32-33-34-35-36-37-38-39-41-43-45-47-49-51-53-55-62(65)71-60(59-70-72(66,67)69-57-56-63(3,4)5)58-68-61(64)54-52-50-48-46-44-42-40-21-19-17-15-13-11-9-7-2/h8,10,14,16,20,22,24-25,27-28,30-31,60H,6-7,9,11-13,15,17-19,21,23,26,29,32-59H2,1-5H3/b10-8-,16-14-,22-20-,25-24-,28-27-,31-30-. The number of unbranched alkanes of at least 4 members (excludes halogenated alkanes) is 28. The van der Waals surface area contributed by atoms with Crippen molar-refractivity contribution in [1.29, 1.82) is 0 Å². The van der Waals surface area contributed by atoms with Gasteiger partial charge in [0.2, 0.25) is 0 Å². The third-order valence-corrected chi connectivity index (χ3v) is 13.7. The van der Waals surface area contributed by atoms with E-state index < -0.39 is 26.5 Å². The SMILES string of the molecule is CC/C=C\C/C=C\C/C=C\C/C=C\C/C=C\C/C=C\CCCCCCCCCCCCCCCCC(=O)OC(COC(=O)CCCCCCCCCCCCCCCCC)COP(=O)([O-])OCC[N+](C)(C)C. The van der Waals surface area contributed by atoms with Crippen molar-refractivity contribution >= 4 is 19.8 Å². The van der Waals surface area contributed by atoms with Crippen LogP contribution in [-0.2, 0) is 32.7 Å². The van der Waals surface area contributed by atoms with Gasteiger partial charge in [0, 0.05) is 12.8 Å². The average molecular weight is 1030 g/mol. The van der Waals surface area contributed by atoms with Gasteiger partial charge in [-0.05, 0) is 64.2 Å². The summed E-state index contributed by atoms with van der Waals surface area (Å²) < 4.78 is 34.1. The Morgan fingerprint density at radius 3 is 1.18 bits per heavy atom. The highest BCUT2D eigenvalue weighted by Gasteiger charge is 2.22. The summed E-state index contributed by atoms with van der Waals surface area (Å²) in [4.78, 5) is 37.8. The quantitative estimate of drug-likeness (QED) is 0.0195. The number of hydrogen-bond donors (Lipinski definition) is 0. The van der Waals surface area contributed by atoms with Gasteiger partial charge in [0.05, 0.1) is 27.7 Å². The normalized spacial score (nSPS) is 13.8. The van der Waals surface area contributed by atoms with E-state index in [9.17, 15) is 19.0 Å². The number of carbonyl (C=O) groups is 2. The lowest BCUT2D eigenvalue weighted by atomic mass is 10.0. The summed E-state index contributed by atoms with van der Waals surface area (Å²) in [6.07, 6.45) is 69.5. The van der Waals surface area contributed by atoms with Crippen LogP contribution in [0, 0.1) is 0 Å². The van der Waals surface area contributed by atoms with Crippen molar-refractivity contribution in [2.24, 2.45) is 0 Å². The third kappa shape index (κ3) is 56.7.